The van der Waals surface area contributed by atoms with Gasteiger partial charge in [-0.2, -0.15) is 0 Å². The van der Waals surface area contributed by atoms with E-state index in [0.717, 1.165) is 23.3 Å². The quantitative estimate of drug-likeness (QED) is 0.783. The van der Waals surface area contributed by atoms with Gasteiger partial charge in [0.15, 0.2) is 17.5 Å². The second-order valence-electron chi connectivity index (χ2n) is 5.42. The van der Waals surface area contributed by atoms with Gasteiger partial charge < -0.3 is 4.90 Å². The molecule has 2 nitrogen and oxygen atoms in total. The second kappa shape index (κ2) is 6.28. The summed E-state index contributed by atoms with van der Waals surface area (Å²) in [5, 5.41) is -0.208. The predicted molar refractivity (Wildman–Crippen MR) is 83.2 cm³/mol. The number of carbonyl (C=O) groups is 1. The molecule has 1 saturated heterocycles. The van der Waals surface area contributed by atoms with Gasteiger partial charge >= 0.3 is 0 Å². The number of nitrogens with zero attached hydrogens (tertiary/aromatic N) is 1. The molecular formula is C17H14F3NOS. The van der Waals surface area contributed by atoms with Crippen molar-refractivity contribution in [2.24, 2.45) is 0 Å². The van der Waals surface area contributed by atoms with Gasteiger partial charge in [-0.3, -0.25) is 4.79 Å². The van der Waals surface area contributed by atoms with E-state index in [4.69, 9.17) is 0 Å². The van der Waals surface area contributed by atoms with E-state index in [0.29, 0.717) is 5.75 Å². The molecule has 0 aromatic heterocycles. The van der Waals surface area contributed by atoms with Crippen LogP contribution in [0.4, 0.5) is 13.2 Å². The van der Waals surface area contributed by atoms with Gasteiger partial charge in [0.1, 0.15) is 5.37 Å². The number of thioether (sulfide) groups is 1. The van der Waals surface area contributed by atoms with Crippen LogP contribution in [0.1, 0.15) is 22.1 Å². The number of aryl methyl sites for hydroxylation is 1. The molecule has 23 heavy (non-hydrogen) atoms. The van der Waals surface area contributed by atoms with Gasteiger partial charge in [0.2, 0.25) is 5.91 Å². The molecule has 0 bridgehead atoms. The number of hydrogen-bond acceptors (Lipinski definition) is 2. The summed E-state index contributed by atoms with van der Waals surface area (Å²) >= 11 is 1.47. The summed E-state index contributed by atoms with van der Waals surface area (Å²) in [7, 11) is 0. The third-order valence-electron chi connectivity index (χ3n) is 3.82. The summed E-state index contributed by atoms with van der Waals surface area (Å²) in [4.78, 5) is 13.7. The SMILES string of the molecule is Cc1ccccc1C1SCC(=O)N1Cc1cc(F)c(F)c(F)c1. The van der Waals surface area contributed by atoms with Crippen molar-refractivity contribution in [2.75, 3.05) is 5.75 Å². The first-order chi connectivity index (χ1) is 11.0. The number of benzene rings is 2. The summed E-state index contributed by atoms with van der Waals surface area (Å²) < 4.78 is 39.8. The van der Waals surface area contributed by atoms with Gasteiger partial charge in [0.05, 0.1) is 5.75 Å². The van der Waals surface area contributed by atoms with Crippen LogP contribution in [0.2, 0.25) is 0 Å². The lowest BCUT2D eigenvalue weighted by molar-refractivity contribution is -0.128. The van der Waals surface area contributed by atoms with Crippen LogP contribution in [0.5, 0.6) is 0 Å². The molecule has 1 unspecified atom stereocenters. The molecule has 120 valence electrons. The summed E-state index contributed by atoms with van der Waals surface area (Å²) in [6, 6.07) is 9.56. The first kappa shape index (κ1) is 15.9. The Hall–Kier alpha value is -1.95. The average Bonchev–Trinajstić information content (AvgIpc) is 2.86. The molecule has 2 aromatic rings. The van der Waals surface area contributed by atoms with E-state index in [2.05, 4.69) is 0 Å². The summed E-state index contributed by atoms with van der Waals surface area (Å²) in [6.07, 6.45) is 0. The third kappa shape index (κ3) is 3.08. The molecule has 0 radical (unpaired) electrons. The Bertz CT molecular complexity index is 742. The van der Waals surface area contributed by atoms with Crippen molar-refractivity contribution in [3.63, 3.8) is 0 Å². The van der Waals surface area contributed by atoms with Crippen molar-refractivity contribution < 1.29 is 18.0 Å². The third-order valence-corrected chi connectivity index (χ3v) is 5.06. The second-order valence-corrected chi connectivity index (χ2v) is 6.48. The first-order valence-corrected chi connectivity index (χ1v) is 8.12. The fourth-order valence-corrected chi connectivity index (χ4v) is 3.92. The van der Waals surface area contributed by atoms with E-state index in [1.54, 1.807) is 4.90 Å². The lowest BCUT2D eigenvalue weighted by atomic mass is 10.1. The predicted octanol–water partition coefficient (Wildman–Crippen LogP) is 4.19. The van der Waals surface area contributed by atoms with E-state index in [-0.39, 0.29) is 23.4 Å². The standard InChI is InChI=1S/C17H14F3NOS/c1-10-4-2-3-5-12(10)17-21(15(22)9-23-17)8-11-6-13(18)16(20)14(19)7-11/h2-7,17H,8-9H2,1H3. The molecule has 1 heterocycles. The smallest absolute Gasteiger partial charge is 0.234 e. The molecule has 1 amide bonds. The molecule has 3 rings (SSSR count). The monoisotopic (exact) mass is 337 g/mol. The van der Waals surface area contributed by atoms with Crippen LogP contribution >= 0.6 is 11.8 Å². The normalized spacial score (nSPS) is 17.8. The molecule has 1 aliphatic rings. The number of carbonyl (C=O) groups excluding carboxylic acids is 1. The molecular weight excluding hydrogens is 323 g/mol. The van der Waals surface area contributed by atoms with Crippen molar-refractivity contribution in [3.05, 3.63) is 70.5 Å². The molecule has 0 spiro atoms. The molecule has 0 aliphatic carbocycles. The van der Waals surface area contributed by atoms with Gasteiger partial charge in [0.25, 0.3) is 0 Å². The molecule has 1 fully saturated rings. The fourth-order valence-electron chi connectivity index (χ4n) is 2.64. The summed E-state index contributed by atoms with van der Waals surface area (Å²) in [5.74, 6) is -3.77. The Morgan fingerprint density at radius 2 is 1.83 bits per heavy atom. The van der Waals surface area contributed by atoms with Crippen LogP contribution in [-0.4, -0.2) is 16.6 Å². The highest BCUT2D eigenvalue weighted by molar-refractivity contribution is 8.00. The summed E-state index contributed by atoms with van der Waals surface area (Å²) in [5.41, 5.74) is 2.27. The van der Waals surface area contributed by atoms with Crippen LogP contribution in [0, 0.1) is 24.4 Å². The van der Waals surface area contributed by atoms with Crippen molar-refractivity contribution in [3.8, 4) is 0 Å². The van der Waals surface area contributed by atoms with Crippen molar-refractivity contribution in [1.82, 2.24) is 4.90 Å². The van der Waals surface area contributed by atoms with E-state index in [1.807, 2.05) is 31.2 Å². The number of rotatable bonds is 3. The van der Waals surface area contributed by atoms with E-state index < -0.39 is 17.5 Å². The Labute approximate surface area is 136 Å². The van der Waals surface area contributed by atoms with Gasteiger partial charge in [-0.1, -0.05) is 24.3 Å². The Balaban J connectivity index is 1.91. The zero-order valence-electron chi connectivity index (χ0n) is 12.4. The molecule has 1 atom stereocenters. The minimum atomic E-state index is -1.49. The van der Waals surface area contributed by atoms with E-state index in [9.17, 15) is 18.0 Å². The number of hydrogen-bond donors (Lipinski definition) is 0. The Morgan fingerprint density at radius 3 is 2.48 bits per heavy atom. The highest BCUT2D eigenvalue weighted by Crippen LogP contribution is 2.40. The molecule has 0 saturated carbocycles. The van der Waals surface area contributed by atoms with Crippen molar-refractivity contribution in [2.45, 2.75) is 18.8 Å². The van der Waals surface area contributed by atoms with E-state index in [1.165, 1.54) is 11.8 Å². The first-order valence-electron chi connectivity index (χ1n) is 7.07. The minimum Gasteiger partial charge on any atom is -0.321 e. The Kier molecular flexibility index (Phi) is 4.35. The van der Waals surface area contributed by atoms with E-state index >= 15 is 0 Å². The van der Waals surface area contributed by atoms with Crippen LogP contribution < -0.4 is 0 Å². The Morgan fingerprint density at radius 1 is 1.17 bits per heavy atom. The minimum absolute atomic E-state index is 0.0406. The van der Waals surface area contributed by atoms with Gasteiger partial charge in [-0.05, 0) is 35.7 Å². The maximum absolute atomic E-state index is 13.4. The highest BCUT2D eigenvalue weighted by atomic mass is 32.2. The zero-order valence-corrected chi connectivity index (χ0v) is 13.2. The van der Waals surface area contributed by atoms with Crippen LogP contribution in [-0.2, 0) is 11.3 Å². The van der Waals surface area contributed by atoms with Crippen LogP contribution in [0.25, 0.3) is 0 Å². The fraction of sp³-hybridized carbons (Fsp3) is 0.235. The van der Waals surface area contributed by atoms with Gasteiger partial charge in [-0.15, -0.1) is 11.8 Å². The van der Waals surface area contributed by atoms with Gasteiger partial charge in [0, 0.05) is 6.54 Å². The van der Waals surface area contributed by atoms with Crippen molar-refractivity contribution in [1.29, 1.82) is 0 Å². The van der Waals surface area contributed by atoms with Crippen molar-refractivity contribution >= 4 is 17.7 Å². The topological polar surface area (TPSA) is 20.3 Å². The lowest BCUT2D eigenvalue weighted by Crippen LogP contribution is -2.28. The molecule has 0 N–H and O–H groups in total. The lowest BCUT2D eigenvalue weighted by Gasteiger charge is -2.25. The highest BCUT2D eigenvalue weighted by Gasteiger charge is 2.33. The molecule has 2 aromatic carbocycles. The number of halogens is 3. The maximum Gasteiger partial charge on any atom is 0.234 e. The molecule has 1 aliphatic heterocycles. The number of amides is 1. The van der Waals surface area contributed by atoms with Crippen LogP contribution in [0.3, 0.4) is 0 Å². The van der Waals surface area contributed by atoms with Gasteiger partial charge in [-0.25, -0.2) is 13.2 Å². The van der Waals surface area contributed by atoms with Crippen LogP contribution in [0.15, 0.2) is 36.4 Å². The summed E-state index contributed by atoms with van der Waals surface area (Å²) in [6.45, 7) is 1.99. The largest absolute Gasteiger partial charge is 0.321 e. The zero-order chi connectivity index (χ0) is 16.6. The molecule has 6 heteroatoms. The average molecular weight is 337 g/mol. The maximum atomic E-state index is 13.4.